The van der Waals surface area contributed by atoms with Crippen molar-refractivity contribution in [2.45, 2.75) is 38.6 Å². The van der Waals surface area contributed by atoms with E-state index in [9.17, 15) is 23.1 Å². The summed E-state index contributed by atoms with van der Waals surface area (Å²) in [6.07, 6.45) is 0.908. The number of hydrogen-bond acceptors (Lipinski definition) is 5. The molecule has 0 radical (unpaired) electrons. The van der Waals surface area contributed by atoms with Crippen molar-refractivity contribution in [3.8, 4) is 0 Å². The van der Waals surface area contributed by atoms with E-state index < -0.39 is 21.9 Å². The average molecular weight is 389 g/mol. The highest BCUT2D eigenvalue weighted by molar-refractivity contribution is 7.89. The van der Waals surface area contributed by atoms with Crippen LogP contribution in [0.4, 0.5) is 0 Å². The summed E-state index contributed by atoms with van der Waals surface area (Å²) < 4.78 is 25.3. The van der Waals surface area contributed by atoms with E-state index in [1.807, 2.05) is 17.5 Å². The third-order valence-corrected chi connectivity index (χ3v) is 7.49. The minimum absolute atomic E-state index is 0.0465. The minimum Gasteiger partial charge on any atom is -0.480 e. The Bertz CT molecular complexity index is 694. The number of carboxylic acids is 1. The maximum Gasteiger partial charge on any atom is 0.323 e. The predicted molar refractivity (Wildman–Crippen MR) is 96.1 cm³/mol. The largest absolute Gasteiger partial charge is 0.480 e. The lowest BCUT2D eigenvalue weighted by Gasteiger charge is -2.38. The highest BCUT2D eigenvalue weighted by Crippen LogP contribution is 2.26. The van der Waals surface area contributed by atoms with Crippen LogP contribution in [0.2, 0.25) is 0 Å². The molecule has 25 heavy (non-hydrogen) atoms. The van der Waals surface area contributed by atoms with E-state index in [0.717, 1.165) is 4.88 Å². The van der Waals surface area contributed by atoms with Gasteiger partial charge in [0.15, 0.2) is 0 Å². The summed E-state index contributed by atoms with van der Waals surface area (Å²) >= 11 is 1.47. The molecular formula is C16H24N2O5S2. The summed E-state index contributed by atoms with van der Waals surface area (Å²) in [7, 11) is -3.25. The molecule has 1 atom stereocenters. The van der Waals surface area contributed by atoms with Crippen molar-refractivity contribution in [2.24, 2.45) is 0 Å². The maximum absolute atomic E-state index is 12.8. The zero-order chi connectivity index (χ0) is 18.6. The molecule has 0 saturated carbocycles. The maximum atomic E-state index is 12.8. The molecule has 0 aromatic carbocycles. The second kappa shape index (κ2) is 8.29. The molecule has 1 fully saturated rings. The number of thiophene rings is 1. The number of nitrogens with zero attached hydrogens (tertiary/aromatic N) is 2. The number of amides is 1. The van der Waals surface area contributed by atoms with Gasteiger partial charge < -0.3 is 10.0 Å². The van der Waals surface area contributed by atoms with Gasteiger partial charge in [-0.3, -0.25) is 9.59 Å². The fraction of sp³-hybridized carbons (Fsp3) is 0.625. The first-order chi connectivity index (χ1) is 11.8. The van der Waals surface area contributed by atoms with Crippen molar-refractivity contribution < 1.29 is 23.1 Å². The van der Waals surface area contributed by atoms with Crippen LogP contribution in [0.15, 0.2) is 17.5 Å². The van der Waals surface area contributed by atoms with Crippen LogP contribution in [-0.4, -0.2) is 66.0 Å². The molecule has 1 saturated heterocycles. The first kappa shape index (κ1) is 19.9. The Morgan fingerprint density at radius 2 is 2.04 bits per heavy atom. The van der Waals surface area contributed by atoms with Crippen molar-refractivity contribution in [1.29, 1.82) is 0 Å². The third-order valence-electron chi connectivity index (χ3n) is 4.55. The van der Waals surface area contributed by atoms with E-state index in [-0.39, 0.29) is 24.2 Å². The lowest BCUT2D eigenvalue weighted by atomic mass is 10.0. The quantitative estimate of drug-likeness (QED) is 0.765. The Morgan fingerprint density at radius 3 is 2.52 bits per heavy atom. The van der Waals surface area contributed by atoms with E-state index >= 15 is 0 Å². The van der Waals surface area contributed by atoms with Crippen LogP contribution >= 0.6 is 11.3 Å². The molecule has 1 aromatic heterocycles. The van der Waals surface area contributed by atoms with Crippen LogP contribution in [0.1, 0.15) is 37.5 Å². The number of hydrogen-bond donors (Lipinski definition) is 1. The van der Waals surface area contributed by atoms with E-state index in [1.165, 1.54) is 20.5 Å². The Balaban J connectivity index is 2.11. The van der Waals surface area contributed by atoms with Gasteiger partial charge in [0.2, 0.25) is 15.9 Å². The van der Waals surface area contributed by atoms with Crippen molar-refractivity contribution in [3.63, 3.8) is 0 Å². The van der Waals surface area contributed by atoms with Gasteiger partial charge in [-0.2, -0.15) is 0 Å². The zero-order valence-electron chi connectivity index (χ0n) is 14.4. The lowest BCUT2D eigenvalue weighted by Crippen LogP contribution is -2.51. The van der Waals surface area contributed by atoms with E-state index in [4.69, 9.17) is 0 Å². The summed E-state index contributed by atoms with van der Waals surface area (Å²) in [6, 6.07) is 3.47. The molecule has 7 nitrogen and oxygen atoms in total. The number of carboxylic acid groups (broad SMARTS) is 1. The monoisotopic (exact) mass is 388 g/mol. The standard InChI is InChI=1S/C16H24N2O5S2/c1-3-25(22,23)17-8-6-13(7-9-17)18(11-15(19)20)16(21)12(2)14-5-4-10-24-14/h4-5,10,12-13H,3,6-9,11H2,1-2H3,(H,19,20). The Kier molecular flexibility index (Phi) is 6.59. The molecule has 140 valence electrons. The van der Waals surface area contributed by atoms with Gasteiger partial charge in [-0.1, -0.05) is 6.07 Å². The molecule has 0 spiro atoms. The second-order valence-corrected chi connectivity index (χ2v) is 9.36. The van der Waals surface area contributed by atoms with Crippen LogP contribution in [0.5, 0.6) is 0 Å². The Morgan fingerprint density at radius 1 is 1.40 bits per heavy atom. The molecule has 1 aromatic rings. The summed E-state index contributed by atoms with van der Waals surface area (Å²) in [4.78, 5) is 26.4. The normalized spacial score (nSPS) is 18.0. The molecule has 1 aliphatic heterocycles. The van der Waals surface area contributed by atoms with Crippen LogP contribution in [0.3, 0.4) is 0 Å². The topological polar surface area (TPSA) is 95.0 Å². The molecule has 1 amide bonds. The molecule has 1 aliphatic rings. The van der Waals surface area contributed by atoms with E-state index in [0.29, 0.717) is 25.9 Å². The van der Waals surface area contributed by atoms with Crippen LogP contribution in [0, 0.1) is 0 Å². The van der Waals surface area contributed by atoms with Gasteiger partial charge in [-0.05, 0) is 38.1 Å². The lowest BCUT2D eigenvalue weighted by molar-refractivity contribution is -0.147. The molecule has 2 heterocycles. The number of aliphatic carboxylic acids is 1. The van der Waals surface area contributed by atoms with Crippen molar-refractivity contribution in [1.82, 2.24) is 9.21 Å². The molecule has 1 N–H and O–H groups in total. The number of piperidine rings is 1. The van der Waals surface area contributed by atoms with Crippen molar-refractivity contribution >= 4 is 33.2 Å². The highest BCUT2D eigenvalue weighted by atomic mass is 32.2. The van der Waals surface area contributed by atoms with Crippen molar-refractivity contribution in [2.75, 3.05) is 25.4 Å². The van der Waals surface area contributed by atoms with Gasteiger partial charge in [-0.15, -0.1) is 11.3 Å². The minimum atomic E-state index is -3.25. The molecule has 1 unspecified atom stereocenters. The van der Waals surface area contributed by atoms with Gasteiger partial charge in [0, 0.05) is 24.0 Å². The fourth-order valence-corrected chi connectivity index (χ4v) is 4.96. The van der Waals surface area contributed by atoms with E-state index in [1.54, 1.807) is 13.8 Å². The van der Waals surface area contributed by atoms with Crippen LogP contribution in [0.25, 0.3) is 0 Å². The second-order valence-electron chi connectivity index (χ2n) is 6.13. The summed E-state index contributed by atoms with van der Waals surface area (Å²) in [5.41, 5.74) is 0. The smallest absolute Gasteiger partial charge is 0.323 e. The van der Waals surface area contributed by atoms with Crippen LogP contribution in [-0.2, 0) is 19.6 Å². The van der Waals surface area contributed by atoms with Gasteiger partial charge in [0.05, 0.1) is 11.7 Å². The Labute approximate surface area is 152 Å². The molecule has 9 heteroatoms. The van der Waals surface area contributed by atoms with Gasteiger partial charge in [0.25, 0.3) is 0 Å². The van der Waals surface area contributed by atoms with Crippen molar-refractivity contribution in [3.05, 3.63) is 22.4 Å². The van der Waals surface area contributed by atoms with Gasteiger partial charge in [-0.25, -0.2) is 12.7 Å². The van der Waals surface area contributed by atoms with Gasteiger partial charge in [0.1, 0.15) is 6.54 Å². The molecule has 0 bridgehead atoms. The third kappa shape index (κ3) is 4.80. The molecule has 2 rings (SSSR count). The summed E-state index contributed by atoms with van der Waals surface area (Å²) in [6.45, 7) is 3.65. The number of carbonyl (C=O) groups excluding carboxylic acids is 1. The van der Waals surface area contributed by atoms with Gasteiger partial charge >= 0.3 is 5.97 Å². The molecular weight excluding hydrogens is 364 g/mol. The van der Waals surface area contributed by atoms with E-state index in [2.05, 4.69) is 0 Å². The molecule has 0 aliphatic carbocycles. The van der Waals surface area contributed by atoms with Crippen LogP contribution < -0.4 is 0 Å². The first-order valence-electron chi connectivity index (χ1n) is 8.29. The fourth-order valence-electron chi connectivity index (χ4n) is 3.06. The highest BCUT2D eigenvalue weighted by Gasteiger charge is 2.34. The first-order valence-corrected chi connectivity index (χ1v) is 10.8. The Hall–Kier alpha value is -1.45. The predicted octanol–water partition coefficient (Wildman–Crippen LogP) is 1.58. The average Bonchev–Trinajstić information content (AvgIpc) is 3.13. The SMILES string of the molecule is CCS(=O)(=O)N1CCC(N(CC(=O)O)C(=O)C(C)c2cccs2)CC1. The summed E-state index contributed by atoms with van der Waals surface area (Å²) in [5, 5.41) is 11.1. The zero-order valence-corrected chi connectivity index (χ0v) is 16.1. The number of sulfonamides is 1. The number of rotatable bonds is 7. The number of carbonyl (C=O) groups is 2. The summed E-state index contributed by atoms with van der Waals surface area (Å²) in [5.74, 6) is -1.64.